The van der Waals surface area contributed by atoms with Crippen LogP contribution in [-0.2, 0) is 16.0 Å². The van der Waals surface area contributed by atoms with Crippen molar-refractivity contribution in [3.05, 3.63) is 24.3 Å². The van der Waals surface area contributed by atoms with Crippen molar-refractivity contribution in [1.82, 2.24) is 9.55 Å². The van der Waals surface area contributed by atoms with Gasteiger partial charge in [0.1, 0.15) is 0 Å². The molecule has 0 unspecified atom stereocenters. The molecule has 0 aromatic carbocycles. The molecule has 1 rings (SSSR count). The molecule has 4 nitrogen and oxygen atoms in total. The molecule has 0 N–H and O–H groups in total. The lowest BCUT2D eigenvalue weighted by atomic mass is 10.0. The van der Waals surface area contributed by atoms with Crippen molar-refractivity contribution in [2.24, 2.45) is 0 Å². The molecular formula is C17H30N2O2. The fourth-order valence-electron chi connectivity index (χ4n) is 2.02. The quantitative estimate of drug-likeness (QED) is 0.694. The van der Waals surface area contributed by atoms with Gasteiger partial charge in [-0.3, -0.25) is 0 Å². The maximum atomic E-state index is 6.03. The smallest absolute Gasteiger partial charge is 0.0955 e. The van der Waals surface area contributed by atoms with E-state index in [1.165, 1.54) is 0 Å². The number of hydrogen-bond acceptors (Lipinski definition) is 3. The number of methoxy groups -OCH3 is 1. The summed E-state index contributed by atoms with van der Waals surface area (Å²) in [7, 11) is 1.74. The van der Waals surface area contributed by atoms with Gasteiger partial charge >= 0.3 is 0 Å². The lowest BCUT2D eigenvalue weighted by molar-refractivity contribution is -0.0625. The van der Waals surface area contributed by atoms with Gasteiger partial charge < -0.3 is 14.0 Å². The van der Waals surface area contributed by atoms with E-state index < -0.39 is 0 Å². The number of ether oxygens (including phenoxy) is 2. The first-order valence-corrected chi connectivity index (χ1v) is 7.54. The highest BCUT2D eigenvalue weighted by Gasteiger charge is 2.22. The molecule has 0 atom stereocenters. The van der Waals surface area contributed by atoms with Crippen molar-refractivity contribution in [1.29, 1.82) is 0 Å². The summed E-state index contributed by atoms with van der Waals surface area (Å²) in [5.41, 5.74) is 1.82. The van der Waals surface area contributed by atoms with E-state index in [-0.39, 0.29) is 11.2 Å². The first-order valence-electron chi connectivity index (χ1n) is 7.54. The molecule has 1 aromatic heterocycles. The van der Waals surface area contributed by atoms with Crippen LogP contribution in [0.3, 0.4) is 0 Å². The molecule has 0 saturated carbocycles. The van der Waals surface area contributed by atoms with E-state index in [4.69, 9.17) is 9.47 Å². The summed E-state index contributed by atoms with van der Waals surface area (Å²) in [6, 6.07) is 0. The SMILES string of the molecule is C=Cc1ncn(CCC(C)(C)OCCC(C)(C)OC)c1C. The second-order valence-electron chi connectivity index (χ2n) is 6.68. The standard InChI is InChI=1S/C17H30N2O2/c1-8-15-14(2)19(13-18-15)11-9-17(5,6)21-12-10-16(3,4)20-7/h8,13H,1,9-12H2,2-7H3. The molecule has 1 heterocycles. The zero-order valence-corrected chi connectivity index (χ0v) is 14.4. The summed E-state index contributed by atoms with van der Waals surface area (Å²) in [6.07, 6.45) is 5.49. The van der Waals surface area contributed by atoms with Crippen molar-refractivity contribution in [2.45, 2.75) is 65.2 Å². The lowest BCUT2D eigenvalue weighted by Gasteiger charge is -2.29. The topological polar surface area (TPSA) is 36.3 Å². The van der Waals surface area contributed by atoms with Gasteiger partial charge in [-0.15, -0.1) is 0 Å². The molecule has 4 heteroatoms. The van der Waals surface area contributed by atoms with Crippen LogP contribution < -0.4 is 0 Å². The van der Waals surface area contributed by atoms with E-state index in [0.29, 0.717) is 6.61 Å². The molecule has 0 fully saturated rings. The summed E-state index contributed by atoms with van der Waals surface area (Å²) in [6.45, 7) is 15.9. The van der Waals surface area contributed by atoms with Crippen LogP contribution in [-0.4, -0.2) is 34.5 Å². The van der Waals surface area contributed by atoms with Gasteiger partial charge in [0.25, 0.3) is 0 Å². The van der Waals surface area contributed by atoms with Crippen LogP contribution in [0.2, 0.25) is 0 Å². The van der Waals surface area contributed by atoms with Crippen molar-refractivity contribution in [3.63, 3.8) is 0 Å². The van der Waals surface area contributed by atoms with Crippen molar-refractivity contribution >= 4 is 6.08 Å². The summed E-state index contributed by atoms with van der Waals surface area (Å²) in [5.74, 6) is 0. The maximum Gasteiger partial charge on any atom is 0.0955 e. The van der Waals surface area contributed by atoms with Crippen molar-refractivity contribution in [3.8, 4) is 0 Å². The Hall–Kier alpha value is -1.13. The number of imidazole rings is 1. The normalized spacial score (nSPS) is 12.7. The van der Waals surface area contributed by atoms with E-state index in [0.717, 1.165) is 30.8 Å². The van der Waals surface area contributed by atoms with Crippen LogP contribution >= 0.6 is 0 Å². The van der Waals surface area contributed by atoms with E-state index >= 15 is 0 Å². The first kappa shape index (κ1) is 17.9. The maximum absolute atomic E-state index is 6.03. The van der Waals surface area contributed by atoms with Crippen molar-refractivity contribution in [2.75, 3.05) is 13.7 Å². The van der Waals surface area contributed by atoms with Gasteiger partial charge in [-0.1, -0.05) is 6.58 Å². The Kier molecular flexibility index (Phi) is 6.17. The Labute approximate surface area is 129 Å². The number of aromatic nitrogens is 2. The highest BCUT2D eigenvalue weighted by atomic mass is 16.5. The predicted octanol–water partition coefficient (Wildman–Crippen LogP) is 3.83. The molecule has 0 aliphatic rings. The van der Waals surface area contributed by atoms with Crippen LogP contribution in [0.5, 0.6) is 0 Å². The van der Waals surface area contributed by atoms with Crippen molar-refractivity contribution < 1.29 is 9.47 Å². The lowest BCUT2D eigenvalue weighted by Crippen LogP contribution is -2.31. The van der Waals surface area contributed by atoms with Gasteiger partial charge in [0.05, 0.1) is 29.8 Å². The summed E-state index contributed by atoms with van der Waals surface area (Å²) in [5, 5.41) is 0. The average molecular weight is 294 g/mol. The number of nitrogens with zero attached hydrogens (tertiary/aromatic N) is 2. The zero-order valence-electron chi connectivity index (χ0n) is 14.4. The molecule has 0 spiro atoms. The second-order valence-corrected chi connectivity index (χ2v) is 6.68. The Bertz CT molecular complexity index is 461. The third kappa shape index (κ3) is 5.64. The van der Waals surface area contributed by atoms with E-state index in [9.17, 15) is 0 Å². The van der Waals surface area contributed by atoms with Gasteiger partial charge in [-0.05, 0) is 53.5 Å². The van der Waals surface area contributed by atoms with E-state index in [2.05, 4.69) is 50.7 Å². The van der Waals surface area contributed by atoms with Gasteiger partial charge in [0.15, 0.2) is 0 Å². The van der Waals surface area contributed by atoms with E-state index in [1.807, 2.05) is 6.33 Å². The molecule has 0 aliphatic heterocycles. The molecule has 0 bridgehead atoms. The Morgan fingerprint density at radius 2 is 1.90 bits per heavy atom. The van der Waals surface area contributed by atoms with Gasteiger partial charge in [-0.2, -0.15) is 0 Å². The summed E-state index contributed by atoms with van der Waals surface area (Å²) < 4.78 is 13.6. The summed E-state index contributed by atoms with van der Waals surface area (Å²) >= 11 is 0. The molecule has 0 radical (unpaired) electrons. The van der Waals surface area contributed by atoms with Crippen LogP contribution in [0.15, 0.2) is 12.9 Å². The van der Waals surface area contributed by atoms with Crippen LogP contribution in [0.4, 0.5) is 0 Å². The molecule has 0 saturated heterocycles. The van der Waals surface area contributed by atoms with E-state index in [1.54, 1.807) is 13.2 Å². The number of aryl methyl sites for hydroxylation is 1. The fraction of sp³-hybridized carbons (Fsp3) is 0.706. The average Bonchev–Trinajstić information content (AvgIpc) is 2.76. The minimum atomic E-state index is -0.158. The second kappa shape index (κ2) is 7.23. The molecule has 21 heavy (non-hydrogen) atoms. The minimum Gasteiger partial charge on any atom is -0.379 e. The summed E-state index contributed by atoms with van der Waals surface area (Å²) in [4.78, 5) is 4.33. The predicted molar refractivity (Wildman–Crippen MR) is 87.4 cm³/mol. The fourth-order valence-corrected chi connectivity index (χ4v) is 2.02. The Balaban J connectivity index is 2.45. The highest BCUT2D eigenvalue weighted by Crippen LogP contribution is 2.20. The Morgan fingerprint density at radius 1 is 1.24 bits per heavy atom. The first-order chi connectivity index (χ1) is 9.71. The molecule has 0 amide bonds. The molecule has 0 aliphatic carbocycles. The molecule has 1 aromatic rings. The van der Waals surface area contributed by atoms with Gasteiger partial charge in [-0.25, -0.2) is 4.98 Å². The third-order valence-electron chi connectivity index (χ3n) is 4.04. The number of hydrogen-bond donors (Lipinski definition) is 0. The zero-order chi connectivity index (χ0) is 16.1. The molecular weight excluding hydrogens is 264 g/mol. The Morgan fingerprint density at radius 3 is 2.43 bits per heavy atom. The largest absolute Gasteiger partial charge is 0.379 e. The highest BCUT2D eigenvalue weighted by molar-refractivity contribution is 5.44. The molecule has 120 valence electrons. The minimum absolute atomic E-state index is 0.129. The van der Waals surface area contributed by atoms with Crippen LogP contribution in [0.25, 0.3) is 6.08 Å². The third-order valence-corrected chi connectivity index (χ3v) is 4.04. The van der Waals surface area contributed by atoms with Gasteiger partial charge in [0, 0.05) is 19.3 Å². The van der Waals surface area contributed by atoms with Crippen LogP contribution in [0, 0.1) is 6.92 Å². The van der Waals surface area contributed by atoms with Crippen LogP contribution in [0.1, 0.15) is 51.9 Å². The van der Waals surface area contributed by atoms with Gasteiger partial charge in [0.2, 0.25) is 0 Å². The monoisotopic (exact) mass is 294 g/mol. The number of rotatable bonds is 9.